The van der Waals surface area contributed by atoms with E-state index in [0.29, 0.717) is 78.5 Å². The Morgan fingerprint density at radius 1 is 0.847 bits per heavy atom. The number of aliphatic carboxylic acids is 1. The monoisotopic (exact) mass is 1370 g/mol. The van der Waals surface area contributed by atoms with Gasteiger partial charge in [0.1, 0.15) is 55.3 Å². The predicted molar refractivity (Wildman–Crippen MR) is 355 cm³/mol. The molecular formula is C70H82N10O17S. The van der Waals surface area contributed by atoms with Crippen molar-refractivity contribution in [3.63, 3.8) is 0 Å². The third-order valence-electron chi connectivity index (χ3n) is 19.9. The molecule has 4 unspecified atom stereocenters. The number of ether oxygens (including phenoxy) is 4. The summed E-state index contributed by atoms with van der Waals surface area (Å²) in [7, 11) is 1.55. The number of esters is 1. The number of aliphatic hydroxyl groups excluding tert-OH is 4. The number of benzene rings is 3. The van der Waals surface area contributed by atoms with E-state index in [1.54, 1.807) is 43.6 Å². The highest BCUT2D eigenvalue weighted by molar-refractivity contribution is 7.22. The number of imide groups is 1. The van der Waals surface area contributed by atoms with Crippen molar-refractivity contribution in [2.45, 2.75) is 160 Å². The Morgan fingerprint density at radius 2 is 1.61 bits per heavy atom. The number of aliphatic hydroxyl groups is 4. The average molecular weight is 1370 g/mol. The predicted octanol–water partition coefficient (Wildman–Crippen LogP) is 4.78. The zero-order valence-electron chi connectivity index (χ0n) is 54.9. The van der Waals surface area contributed by atoms with Gasteiger partial charge in [0.15, 0.2) is 16.9 Å². The molecule has 5 fully saturated rings. The van der Waals surface area contributed by atoms with Crippen molar-refractivity contribution in [3.05, 3.63) is 130 Å². The number of anilines is 2. The molecule has 6 heterocycles. The summed E-state index contributed by atoms with van der Waals surface area (Å²) in [5, 5.41) is 80.4. The minimum atomic E-state index is -1.98. The molecule has 0 radical (unpaired) electrons. The van der Waals surface area contributed by atoms with Gasteiger partial charge in [-0.25, -0.2) is 19.6 Å². The molecule has 4 amide bonds. The molecule has 520 valence electrons. The first-order valence-corrected chi connectivity index (χ1v) is 33.8. The van der Waals surface area contributed by atoms with Crippen LogP contribution in [0.1, 0.15) is 120 Å². The van der Waals surface area contributed by atoms with Crippen LogP contribution in [0, 0.1) is 23.2 Å². The van der Waals surface area contributed by atoms with Crippen LogP contribution in [0.15, 0.2) is 91.1 Å². The number of carbonyl (C=O) groups excluding carboxylic acids is 5. The van der Waals surface area contributed by atoms with E-state index in [-0.39, 0.29) is 65.3 Å². The smallest absolute Gasteiger partial charge is 0.355 e. The third-order valence-corrected chi connectivity index (χ3v) is 20.9. The number of carboxylic acids is 2. The van der Waals surface area contributed by atoms with Crippen molar-refractivity contribution < 1.29 is 83.1 Å². The molecule has 4 aliphatic carbocycles. The Hall–Kier alpha value is -8.58. The van der Waals surface area contributed by atoms with Crippen LogP contribution >= 0.6 is 11.3 Å². The Labute approximate surface area is 568 Å². The second-order valence-electron chi connectivity index (χ2n) is 27.8. The number of nitrogens with zero attached hydrogens (tertiary/aromatic N) is 6. The number of unbranched alkanes of at least 4 members (excludes halogenated alkanes) is 1. The van der Waals surface area contributed by atoms with Gasteiger partial charge in [-0.2, -0.15) is 5.10 Å². The van der Waals surface area contributed by atoms with E-state index in [4.69, 9.17) is 29.0 Å². The molecule has 27 nitrogen and oxygen atoms in total. The number of thiazole rings is 1. The molecule has 28 heteroatoms. The zero-order chi connectivity index (χ0) is 69.4. The molecule has 4 bridgehead atoms. The maximum atomic E-state index is 14.1. The maximum absolute atomic E-state index is 14.1. The SMILES string of the molecule is CNC(O)CC(NCCOC12CC3(C)CC(C)(CC(Cn4ncc(-c5ccc(N6CCc7cccc(C(=O)Nc8nc9ccccc9s8)c7C6)nc5C(=O)O)c4C)(C3)C1)C2)C(=O)OCc1ccc(CCCCNC(=O)CN2C(=O)C=CC2=O)cc1O[C@@H]1O[C@H](C(=O)O)[C@@H](O)[C@H](O)[C@H]1O. The fraction of sp³-hybridized carbons (Fsp3) is 0.486. The van der Waals surface area contributed by atoms with Crippen molar-refractivity contribution in [2.24, 2.45) is 16.2 Å². The highest BCUT2D eigenvalue weighted by Crippen LogP contribution is 2.72. The summed E-state index contributed by atoms with van der Waals surface area (Å²) < 4.78 is 27.4. The summed E-state index contributed by atoms with van der Waals surface area (Å²) in [6.45, 7) is 7.93. The first-order valence-electron chi connectivity index (χ1n) is 33.0. The number of para-hydroxylation sites is 1. The molecule has 1 saturated heterocycles. The summed E-state index contributed by atoms with van der Waals surface area (Å²) in [4.78, 5) is 102. The van der Waals surface area contributed by atoms with Crippen LogP contribution in [0.5, 0.6) is 5.75 Å². The van der Waals surface area contributed by atoms with Crippen LogP contribution in [-0.4, -0.2) is 185 Å². The maximum Gasteiger partial charge on any atom is 0.355 e. The minimum absolute atomic E-state index is 0.00110. The number of carbonyl (C=O) groups is 7. The topological polar surface area (TPSA) is 376 Å². The number of fused-ring (bicyclic) bond motifs is 2. The molecular weight excluding hydrogens is 1280 g/mol. The first kappa shape index (κ1) is 69.3. The molecule has 3 aliphatic heterocycles. The number of rotatable bonds is 28. The number of aromatic nitrogens is 4. The van der Waals surface area contributed by atoms with Gasteiger partial charge in [-0.3, -0.25) is 44.2 Å². The van der Waals surface area contributed by atoms with Crippen molar-refractivity contribution >= 4 is 74.0 Å². The zero-order valence-corrected chi connectivity index (χ0v) is 55.7. The number of nitrogens with one attached hydrogen (secondary N) is 4. The lowest BCUT2D eigenvalue weighted by molar-refractivity contribution is -0.271. The van der Waals surface area contributed by atoms with Gasteiger partial charge in [0.25, 0.3) is 17.7 Å². The number of aromatic carboxylic acids is 1. The van der Waals surface area contributed by atoms with Crippen LogP contribution < -0.4 is 30.9 Å². The molecule has 10 N–H and O–H groups in total. The van der Waals surface area contributed by atoms with Gasteiger partial charge in [0.05, 0.1) is 28.6 Å². The van der Waals surface area contributed by atoms with Gasteiger partial charge in [-0.1, -0.05) is 61.6 Å². The largest absolute Gasteiger partial charge is 0.479 e. The van der Waals surface area contributed by atoms with Crippen LogP contribution in [0.2, 0.25) is 0 Å². The highest BCUT2D eigenvalue weighted by Gasteiger charge is 2.66. The molecule has 3 aromatic carbocycles. The number of pyridine rings is 1. The lowest BCUT2D eigenvalue weighted by atomic mass is 9.39. The molecule has 7 aliphatic rings. The normalized spacial score (nSPS) is 26.1. The molecule has 6 aromatic rings. The summed E-state index contributed by atoms with van der Waals surface area (Å²) in [6, 6.07) is 20.9. The molecule has 4 saturated carbocycles. The fourth-order valence-corrected chi connectivity index (χ4v) is 17.4. The van der Waals surface area contributed by atoms with Crippen molar-refractivity contribution in [2.75, 3.05) is 50.1 Å². The van der Waals surface area contributed by atoms with Crippen LogP contribution in [0.25, 0.3) is 21.3 Å². The van der Waals surface area contributed by atoms with E-state index in [0.717, 1.165) is 82.6 Å². The van der Waals surface area contributed by atoms with Crippen molar-refractivity contribution in [1.29, 1.82) is 0 Å². The Morgan fingerprint density at radius 3 is 2.35 bits per heavy atom. The van der Waals surface area contributed by atoms with Crippen molar-refractivity contribution in [3.8, 4) is 16.9 Å². The number of aryl methyl sites for hydroxylation is 1. The van der Waals surface area contributed by atoms with E-state index in [1.165, 1.54) is 11.3 Å². The number of hydrogen-bond acceptors (Lipinski definition) is 22. The van der Waals surface area contributed by atoms with Gasteiger partial charge < -0.3 is 65.1 Å². The molecule has 9 atom stereocenters. The summed E-state index contributed by atoms with van der Waals surface area (Å²) in [5.74, 6) is -4.98. The Kier molecular flexibility index (Phi) is 20.0. The lowest BCUT2D eigenvalue weighted by Crippen LogP contribution is -2.64. The quantitative estimate of drug-likeness (QED) is 0.0137. The third kappa shape index (κ3) is 14.9. The molecule has 0 spiro atoms. The van der Waals surface area contributed by atoms with Crippen LogP contribution in [0.3, 0.4) is 0 Å². The highest BCUT2D eigenvalue weighted by atomic mass is 32.1. The second-order valence-corrected chi connectivity index (χ2v) is 28.8. The van der Waals surface area contributed by atoms with Gasteiger partial charge in [0.2, 0.25) is 12.2 Å². The summed E-state index contributed by atoms with van der Waals surface area (Å²) in [5.41, 5.74) is 5.07. The van der Waals surface area contributed by atoms with E-state index in [2.05, 4.69) is 40.1 Å². The Balaban J connectivity index is 0.689. The number of carboxylic acid groups (broad SMARTS) is 2. The fourth-order valence-electron chi connectivity index (χ4n) is 16.5. The molecule has 98 heavy (non-hydrogen) atoms. The van der Waals surface area contributed by atoms with Crippen LogP contribution in [-0.2, 0) is 70.7 Å². The van der Waals surface area contributed by atoms with Gasteiger partial charge in [0, 0.05) is 79.2 Å². The van der Waals surface area contributed by atoms with Gasteiger partial charge in [-0.15, -0.1) is 0 Å². The number of hydrogen-bond donors (Lipinski definition) is 10. The Bertz CT molecular complexity index is 4030. The second kappa shape index (κ2) is 28.3. The van der Waals surface area contributed by atoms with Crippen molar-refractivity contribution in [1.82, 2.24) is 40.6 Å². The van der Waals surface area contributed by atoms with E-state index >= 15 is 0 Å². The van der Waals surface area contributed by atoms with Gasteiger partial charge >= 0.3 is 17.9 Å². The first-order chi connectivity index (χ1) is 46.8. The van der Waals surface area contributed by atoms with E-state index in [1.807, 2.05) is 59.0 Å². The van der Waals surface area contributed by atoms with Crippen LogP contribution in [0.4, 0.5) is 10.9 Å². The summed E-state index contributed by atoms with van der Waals surface area (Å²) >= 11 is 1.40. The summed E-state index contributed by atoms with van der Waals surface area (Å²) in [6.07, 6.45) is 0.459. The minimum Gasteiger partial charge on any atom is -0.479 e. The molecule has 13 rings (SSSR count). The van der Waals surface area contributed by atoms with E-state index < -0.39 is 97.4 Å². The standard InChI is InChI=1S/C70H82N10O17S/c1-39-45(43-17-18-51(76-56(43)62(89)90)78-24-21-41-11-9-12-44(46(41)29-78)61(88)77-66-75-47-13-5-6-14-50(47)98-66)28-74-80(39)38-69-33-67(2)32-68(3,34-69)36-70(35-67,37-69)95-25-23-72-48(27-52(81)71-4)64(93)94-31-42-16-15-40(10-7-8-22-73-53(82)30-79-54(83)19-20-55(79)84)26-49(42)96-65-59(87)57(85)58(86)60(97-65)63(91)92/h5-6,9,11-20,26,28,48,52,57-60,65,71-72,81,85-87H,7-8,10,21-25,27,29-38H2,1-4H3,(H,73,82)(H,89,90)(H,91,92)(H,75,77,88)/t48?,52?,57-,58-,59+,60-,65+,67?,68?,69?,70?/m0/s1. The van der Waals surface area contributed by atoms with E-state index in [9.17, 15) is 64.2 Å². The lowest BCUT2D eigenvalue weighted by Gasteiger charge is -2.69. The number of amides is 4. The average Bonchev–Trinajstić information content (AvgIpc) is 0.794. The van der Waals surface area contributed by atoms with Gasteiger partial charge in [-0.05, 0) is 148 Å². The molecule has 3 aromatic heterocycles.